The van der Waals surface area contributed by atoms with Gasteiger partial charge in [-0.2, -0.15) is 0 Å². The maximum absolute atomic E-state index is 12.7. The number of rotatable bonds is 3. The summed E-state index contributed by atoms with van der Waals surface area (Å²) in [5.41, 5.74) is 1.51. The number of aromatic nitrogens is 3. The van der Waals surface area contributed by atoms with Crippen molar-refractivity contribution >= 4 is 23.1 Å². The van der Waals surface area contributed by atoms with Gasteiger partial charge in [0, 0.05) is 38.0 Å². The second-order valence-electron chi connectivity index (χ2n) is 6.46. The summed E-state index contributed by atoms with van der Waals surface area (Å²) < 4.78 is 0. The van der Waals surface area contributed by atoms with E-state index in [9.17, 15) is 4.79 Å². The van der Waals surface area contributed by atoms with E-state index in [1.54, 1.807) is 17.4 Å². The number of likely N-dealkylation sites (tertiary alicyclic amines) is 1. The molecule has 2 aromatic heterocycles. The fraction of sp³-hybridized carbons (Fsp3) is 0.529. The first-order valence-electron chi connectivity index (χ1n) is 8.20. The third kappa shape index (κ3) is 3.40. The van der Waals surface area contributed by atoms with E-state index in [1.165, 1.54) is 4.88 Å². The fourth-order valence-corrected chi connectivity index (χ4v) is 3.92. The molecule has 0 aromatic carbocycles. The molecule has 0 spiro atoms. The molecule has 6 nitrogen and oxygen atoms in total. The Hall–Kier alpha value is -2.02. The predicted octanol–water partition coefficient (Wildman–Crippen LogP) is 2.64. The van der Waals surface area contributed by atoms with Crippen molar-refractivity contribution in [3.8, 4) is 0 Å². The maximum Gasteiger partial charge on any atom is 0.274 e. The van der Waals surface area contributed by atoms with E-state index in [0.717, 1.165) is 35.9 Å². The Morgan fingerprint density at radius 1 is 1.29 bits per heavy atom. The average Bonchev–Trinajstić information content (AvgIpc) is 2.93. The van der Waals surface area contributed by atoms with E-state index in [-0.39, 0.29) is 5.91 Å². The normalized spacial score (nSPS) is 17.8. The number of hydrogen-bond donors (Lipinski definition) is 0. The molecule has 0 N–H and O–H groups in total. The molecule has 1 fully saturated rings. The monoisotopic (exact) mass is 345 g/mol. The van der Waals surface area contributed by atoms with Gasteiger partial charge in [0.05, 0.1) is 10.7 Å². The highest BCUT2D eigenvalue weighted by molar-refractivity contribution is 7.11. The Labute approximate surface area is 146 Å². The van der Waals surface area contributed by atoms with Crippen molar-refractivity contribution in [2.24, 2.45) is 0 Å². The van der Waals surface area contributed by atoms with Gasteiger partial charge in [0.2, 0.25) is 0 Å². The van der Waals surface area contributed by atoms with E-state index in [2.05, 4.69) is 22.1 Å². The second-order valence-corrected chi connectivity index (χ2v) is 7.69. The van der Waals surface area contributed by atoms with Crippen molar-refractivity contribution in [2.75, 3.05) is 32.1 Å². The lowest BCUT2D eigenvalue weighted by Crippen LogP contribution is -2.39. The number of anilines is 1. The predicted molar refractivity (Wildman–Crippen MR) is 95.8 cm³/mol. The Kier molecular flexibility index (Phi) is 4.80. The van der Waals surface area contributed by atoms with Gasteiger partial charge in [0.1, 0.15) is 0 Å². The van der Waals surface area contributed by atoms with Crippen LogP contribution in [0.1, 0.15) is 44.8 Å². The van der Waals surface area contributed by atoms with E-state index in [0.29, 0.717) is 18.2 Å². The summed E-state index contributed by atoms with van der Waals surface area (Å²) in [5.74, 6) is 1.04. The van der Waals surface area contributed by atoms with Crippen LogP contribution in [0.15, 0.2) is 12.1 Å². The molecule has 1 unspecified atom stereocenters. The second kappa shape index (κ2) is 6.84. The number of nitrogens with zero attached hydrogens (tertiary/aromatic N) is 5. The van der Waals surface area contributed by atoms with Gasteiger partial charge in [0.15, 0.2) is 11.5 Å². The third-order valence-electron chi connectivity index (χ3n) is 4.43. The molecule has 128 valence electrons. The van der Waals surface area contributed by atoms with Crippen LogP contribution in [0, 0.1) is 13.8 Å². The largest absolute Gasteiger partial charge is 0.361 e. The Morgan fingerprint density at radius 2 is 2.08 bits per heavy atom. The Balaban J connectivity index is 1.73. The summed E-state index contributed by atoms with van der Waals surface area (Å²) >= 11 is 1.75. The lowest BCUT2D eigenvalue weighted by molar-refractivity contribution is 0.0700. The number of carbonyl (C=O) groups excluding carboxylic acids is 1. The maximum atomic E-state index is 12.7. The van der Waals surface area contributed by atoms with Crippen molar-refractivity contribution in [2.45, 2.75) is 32.6 Å². The van der Waals surface area contributed by atoms with Crippen LogP contribution in [0.2, 0.25) is 0 Å². The van der Waals surface area contributed by atoms with Crippen LogP contribution in [0.25, 0.3) is 0 Å². The van der Waals surface area contributed by atoms with Crippen molar-refractivity contribution < 1.29 is 4.79 Å². The highest BCUT2D eigenvalue weighted by atomic mass is 32.1. The summed E-state index contributed by atoms with van der Waals surface area (Å²) in [7, 11) is 3.80. The van der Waals surface area contributed by atoms with Crippen LogP contribution >= 0.6 is 11.3 Å². The van der Waals surface area contributed by atoms with Crippen LogP contribution < -0.4 is 4.90 Å². The number of carbonyl (C=O) groups is 1. The number of thiazole rings is 1. The molecular weight excluding hydrogens is 322 g/mol. The minimum Gasteiger partial charge on any atom is -0.361 e. The average molecular weight is 345 g/mol. The van der Waals surface area contributed by atoms with Crippen molar-refractivity contribution in [3.05, 3.63) is 33.4 Å². The number of piperidine rings is 1. The van der Waals surface area contributed by atoms with Gasteiger partial charge in [0.25, 0.3) is 5.91 Å². The summed E-state index contributed by atoms with van der Waals surface area (Å²) in [4.78, 5) is 22.4. The van der Waals surface area contributed by atoms with Gasteiger partial charge in [-0.3, -0.25) is 4.79 Å². The molecule has 1 aliphatic heterocycles. The molecular formula is C17H23N5OS. The van der Waals surface area contributed by atoms with Gasteiger partial charge in [-0.05, 0) is 38.8 Å². The molecule has 0 saturated carbocycles. The number of hydrogen-bond acceptors (Lipinski definition) is 6. The lowest BCUT2D eigenvalue weighted by Gasteiger charge is -2.31. The molecule has 0 bridgehead atoms. The summed E-state index contributed by atoms with van der Waals surface area (Å²) in [6.45, 7) is 5.63. The third-order valence-corrected chi connectivity index (χ3v) is 5.67. The molecule has 7 heteroatoms. The minimum absolute atomic E-state index is 0.0393. The van der Waals surface area contributed by atoms with Crippen molar-refractivity contribution in [1.29, 1.82) is 0 Å². The molecule has 0 aliphatic carbocycles. The summed E-state index contributed by atoms with van der Waals surface area (Å²) in [6.07, 6.45) is 2.08. The zero-order valence-corrected chi connectivity index (χ0v) is 15.4. The smallest absolute Gasteiger partial charge is 0.274 e. The highest BCUT2D eigenvalue weighted by Crippen LogP contribution is 2.31. The molecule has 0 radical (unpaired) electrons. The van der Waals surface area contributed by atoms with E-state index < -0.39 is 0 Å². The fourth-order valence-electron chi connectivity index (χ4n) is 2.88. The van der Waals surface area contributed by atoms with Crippen LogP contribution in [0.3, 0.4) is 0 Å². The quantitative estimate of drug-likeness (QED) is 0.856. The highest BCUT2D eigenvalue weighted by Gasteiger charge is 2.28. The van der Waals surface area contributed by atoms with Crippen LogP contribution in [0.4, 0.5) is 5.82 Å². The van der Waals surface area contributed by atoms with Crippen molar-refractivity contribution in [1.82, 2.24) is 20.1 Å². The molecule has 3 heterocycles. The minimum atomic E-state index is -0.0393. The zero-order chi connectivity index (χ0) is 17.3. The zero-order valence-electron chi connectivity index (χ0n) is 14.6. The molecule has 1 amide bonds. The van der Waals surface area contributed by atoms with E-state index in [1.807, 2.05) is 36.9 Å². The van der Waals surface area contributed by atoms with Gasteiger partial charge >= 0.3 is 0 Å². The molecule has 1 saturated heterocycles. The van der Waals surface area contributed by atoms with E-state index >= 15 is 0 Å². The van der Waals surface area contributed by atoms with Crippen LogP contribution in [-0.2, 0) is 0 Å². The Bertz CT molecular complexity index is 706. The van der Waals surface area contributed by atoms with Gasteiger partial charge < -0.3 is 9.80 Å². The number of aryl methyl sites for hydroxylation is 2. The van der Waals surface area contributed by atoms with Crippen LogP contribution in [-0.4, -0.2) is 53.2 Å². The number of amides is 1. The van der Waals surface area contributed by atoms with Gasteiger partial charge in [-0.15, -0.1) is 21.5 Å². The Morgan fingerprint density at radius 3 is 2.67 bits per heavy atom. The standard InChI is InChI=1S/C17H23N5OS/c1-11-12(2)24-16(18-11)13-6-5-9-22(10-13)17(23)14-7-8-15(20-19-14)21(3)4/h7-8,13H,5-6,9-10H2,1-4H3. The first-order valence-corrected chi connectivity index (χ1v) is 9.01. The molecule has 3 rings (SSSR count). The SMILES string of the molecule is Cc1nc(C2CCCN(C(=O)c3ccc(N(C)C)nn3)C2)sc1C. The summed E-state index contributed by atoms with van der Waals surface area (Å²) in [6, 6.07) is 3.58. The molecule has 1 aliphatic rings. The first kappa shape index (κ1) is 16.8. The topological polar surface area (TPSA) is 62.2 Å². The van der Waals surface area contributed by atoms with Gasteiger partial charge in [-0.25, -0.2) is 4.98 Å². The molecule has 2 aromatic rings. The van der Waals surface area contributed by atoms with Crippen molar-refractivity contribution in [3.63, 3.8) is 0 Å². The van der Waals surface area contributed by atoms with Crippen LogP contribution in [0.5, 0.6) is 0 Å². The molecule has 24 heavy (non-hydrogen) atoms. The van der Waals surface area contributed by atoms with Gasteiger partial charge in [-0.1, -0.05) is 0 Å². The summed E-state index contributed by atoms with van der Waals surface area (Å²) in [5, 5.41) is 9.35. The molecule has 1 atom stereocenters. The first-order chi connectivity index (χ1) is 11.5. The van der Waals surface area contributed by atoms with E-state index in [4.69, 9.17) is 0 Å². The lowest BCUT2D eigenvalue weighted by atomic mass is 9.98.